The molecule has 0 unspecified atom stereocenters. The lowest BCUT2D eigenvalue weighted by Crippen LogP contribution is -2.48. The van der Waals surface area contributed by atoms with Gasteiger partial charge in [0.1, 0.15) is 35.8 Å². The molecule has 2 atom stereocenters. The first-order chi connectivity index (χ1) is 29.5. The number of carbonyl (C=O) groups excluding carboxylic acids is 2. The fourth-order valence-electron chi connectivity index (χ4n) is 7.31. The third-order valence-corrected chi connectivity index (χ3v) is 11.1. The maximum absolute atomic E-state index is 14.4. The molecule has 2 amide bonds. The Morgan fingerprint density at radius 2 is 1.26 bits per heavy atom. The van der Waals surface area contributed by atoms with Crippen molar-refractivity contribution in [3.05, 3.63) is 106 Å². The molecule has 61 heavy (non-hydrogen) atoms. The summed E-state index contributed by atoms with van der Waals surface area (Å²) in [6.45, 7) is 2.35. The lowest BCUT2D eigenvalue weighted by Gasteiger charge is -2.30. The average molecular weight is 874 g/mol. The van der Waals surface area contributed by atoms with Crippen LogP contribution in [0, 0.1) is 11.6 Å². The molecule has 14 nitrogen and oxygen atoms in total. The fourth-order valence-corrected chi connectivity index (χ4v) is 7.66. The number of carbonyl (C=O) groups is 2. The molecule has 18 heteroatoms. The fraction of sp³-hybridized carbons (Fsp3) is 0.302. The quantitative estimate of drug-likeness (QED) is 0.0827. The van der Waals surface area contributed by atoms with Crippen LogP contribution in [0.1, 0.15) is 36.8 Å². The number of hydrogen-bond acceptors (Lipinski definition) is 12. The number of ether oxygens (including phenoxy) is 2. The molecule has 5 N–H and O–H groups in total. The number of likely N-dealkylation sites (N-methyl/N-ethyl adjacent to an activating group) is 1. The monoisotopic (exact) mass is 872 g/mol. The largest absolute Gasteiger partial charge is 0.496 e. The summed E-state index contributed by atoms with van der Waals surface area (Å²) in [7, 11) is 5.10. The standard InChI is InChI=1S/C22H23ClFN5O2.C21H21ClFN5O2/c1-29(18-7-4-8-25-22(18)30)11-13-9-14-17(10-19(13)31-2)26-12-27-21(14)28-16-6-3-5-15(23)20(16)24;1-30-18-9-17-13(8-12(18)10-25-16-6-3-7-24-21(16)29)20(27-11-26-17)28-15-5-2-4-14(22)19(15)23/h3,5-6,9-10,12,18H,4,7-8,11H2,1-2H3,(H,25,30)(H,26,27,28);2,4-5,8-9,11,16,25H,3,6-7,10H2,1H3,(H,24,29)(H,26,27,28)/t18-;16-/m11/s1. The minimum Gasteiger partial charge on any atom is -0.496 e. The van der Waals surface area contributed by atoms with Gasteiger partial charge in [-0.15, -0.1) is 0 Å². The summed E-state index contributed by atoms with van der Waals surface area (Å²) < 4.78 is 39.8. The lowest BCUT2D eigenvalue weighted by molar-refractivity contribution is -0.128. The molecule has 8 rings (SSSR count). The van der Waals surface area contributed by atoms with Gasteiger partial charge in [-0.1, -0.05) is 35.3 Å². The maximum atomic E-state index is 14.4. The highest BCUT2D eigenvalue weighted by molar-refractivity contribution is 6.31. The van der Waals surface area contributed by atoms with Gasteiger partial charge >= 0.3 is 0 Å². The molecule has 2 aliphatic heterocycles. The van der Waals surface area contributed by atoms with Crippen LogP contribution in [0.2, 0.25) is 10.0 Å². The van der Waals surface area contributed by atoms with E-state index in [1.165, 1.54) is 24.8 Å². The molecule has 0 saturated carbocycles. The van der Waals surface area contributed by atoms with E-state index >= 15 is 0 Å². The highest BCUT2D eigenvalue weighted by Crippen LogP contribution is 2.34. The topological polar surface area (TPSA) is 168 Å². The molecule has 0 radical (unpaired) electrons. The minimum atomic E-state index is -0.551. The predicted octanol–water partition coefficient (Wildman–Crippen LogP) is 7.43. The van der Waals surface area contributed by atoms with Crippen molar-refractivity contribution in [3.63, 3.8) is 0 Å². The molecule has 318 valence electrons. The van der Waals surface area contributed by atoms with Crippen LogP contribution < -0.4 is 36.1 Å². The van der Waals surface area contributed by atoms with Crippen molar-refractivity contribution in [1.29, 1.82) is 0 Å². The van der Waals surface area contributed by atoms with Crippen LogP contribution in [-0.2, 0) is 22.7 Å². The first-order valence-corrected chi connectivity index (χ1v) is 20.3. The second-order valence-electron chi connectivity index (χ2n) is 14.5. The van der Waals surface area contributed by atoms with Crippen LogP contribution in [0.15, 0.2) is 73.3 Å². The van der Waals surface area contributed by atoms with Crippen LogP contribution in [0.25, 0.3) is 21.8 Å². The average Bonchev–Trinajstić information content (AvgIpc) is 3.26. The van der Waals surface area contributed by atoms with Gasteiger partial charge in [0, 0.05) is 60.2 Å². The number of fused-ring (bicyclic) bond motifs is 2. The first-order valence-electron chi connectivity index (χ1n) is 19.6. The number of hydrogen-bond donors (Lipinski definition) is 5. The third-order valence-electron chi connectivity index (χ3n) is 10.5. The van der Waals surface area contributed by atoms with E-state index < -0.39 is 11.6 Å². The van der Waals surface area contributed by atoms with Gasteiger partial charge in [0.2, 0.25) is 11.8 Å². The van der Waals surface area contributed by atoms with E-state index in [0.29, 0.717) is 64.6 Å². The van der Waals surface area contributed by atoms with Gasteiger partial charge in [-0.3, -0.25) is 14.5 Å². The van der Waals surface area contributed by atoms with Crippen LogP contribution in [0.4, 0.5) is 31.8 Å². The summed E-state index contributed by atoms with van der Waals surface area (Å²) >= 11 is 11.8. The van der Waals surface area contributed by atoms with Crippen molar-refractivity contribution in [1.82, 2.24) is 40.8 Å². The van der Waals surface area contributed by atoms with Crippen LogP contribution in [-0.4, -0.2) is 83.1 Å². The normalized spacial score (nSPS) is 16.4. The highest BCUT2D eigenvalue weighted by atomic mass is 35.5. The number of halogens is 4. The van der Waals surface area contributed by atoms with E-state index in [9.17, 15) is 18.4 Å². The Hall–Kier alpha value is -5.94. The van der Waals surface area contributed by atoms with E-state index in [0.717, 1.165) is 43.4 Å². The Labute approximate surface area is 360 Å². The van der Waals surface area contributed by atoms with Crippen LogP contribution in [0.5, 0.6) is 11.5 Å². The molecular weight excluding hydrogens is 829 g/mol. The maximum Gasteiger partial charge on any atom is 0.237 e. The molecule has 2 aliphatic rings. The van der Waals surface area contributed by atoms with Crippen molar-refractivity contribution in [2.75, 3.05) is 45.0 Å². The second kappa shape index (κ2) is 19.6. The first kappa shape index (κ1) is 43.2. The minimum absolute atomic E-state index is 0.00289. The second-order valence-corrected chi connectivity index (χ2v) is 15.3. The summed E-state index contributed by atoms with van der Waals surface area (Å²) in [6.07, 6.45) is 6.28. The summed E-state index contributed by atoms with van der Waals surface area (Å²) in [5.74, 6) is 1.14. The number of benzene rings is 4. The van der Waals surface area contributed by atoms with Gasteiger partial charge in [-0.2, -0.15) is 0 Å². The third kappa shape index (κ3) is 10.00. The summed E-state index contributed by atoms with van der Waals surface area (Å²) in [4.78, 5) is 43.5. The van der Waals surface area contributed by atoms with Crippen molar-refractivity contribution in [3.8, 4) is 11.5 Å². The molecule has 2 aromatic heterocycles. The van der Waals surface area contributed by atoms with Gasteiger partial charge in [0.15, 0.2) is 11.6 Å². The van der Waals surface area contributed by atoms with Crippen LogP contribution >= 0.6 is 23.2 Å². The number of aromatic nitrogens is 4. The zero-order chi connectivity index (χ0) is 43.0. The van der Waals surface area contributed by atoms with E-state index in [-0.39, 0.29) is 45.3 Å². The Kier molecular flexibility index (Phi) is 13.9. The SMILES string of the molecule is COc1cc2ncnc(Nc3cccc(Cl)c3F)c2cc1CN(C)[C@@H]1CCCNC1=O.COc1cc2ncnc(Nc3cccc(Cl)c3F)c2cc1CN[C@@H]1CCCNC1=O. The highest BCUT2D eigenvalue weighted by Gasteiger charge is 2.27. The molecule has 2 saturated heterocycles. The van der Waals surface area contributed by atoms with Gasteiger partial charge in [0.25, 0.3) is 0 Å². The smallest absolute Gasteiger partial charge is 0.237 e. The molecule has 0 spiro atoms. The molecular formula is C43H44Cl2F2N10O4. The van der Waals surface area contributed by atoms with Gasteiger partial charge in [0.05, 0.1) is 58.8 Å². The van der Waals surface area contributed by atoms with Crippen molar-refractivity contribution in [2.24, 2.45) is 0 Å². The number of methoxy groups -OCH3 is 2. The summed E-state index contributed by atoms with van der Waals surface area (Å²) in [6, 6.07) is 16.4. The Morgan fingerprint density at radius 3 is 1.80 bits per heavy atom. The predicted molar refractivity (Wildman–Crippen MR) is 232 cm³/mol. The van der Waals surface area contributed by atoms with E-state index in [1.807, 2.05) is 30.1 Å². The lowest BCUT2D eigenvalue weighted by atomic mass is 10.0. The Balaban J connectivity index is 0.000000184. The van der Waals surface area contributed by atoms with Gasteiger partial charge < -0.3 is 36.1 Å². The zero-order valence-corrected chi connectivity index (χ0v) is 35.1. The van der Waals surface area contributed by atoms with E-state index in [2.05, 4.69) is 46.5 Å². The molecule has 0 bridgehead atoms. The number of rotatable bonds is 12. The van der Waals surface area contributed by atoms with Gasteiger partial charge in [-0.05, 0) is 69.1 Å². The summed E-state index contributed by atoms with van der Waals surface area (Å²) in [5.41, 5.74) is 3.45. The molecule has 0 aliphatic carbocycles. The van der Waals surface area contributed by atoms with E-state index in [4.69, 9.17) is 32.7 Å². The summed E-state index contributed by atoms with van der Waals surface area (Å²) in [5, 5.41) is 16.5. The van der Waals surface area contributed by atoms with E-state index in [1.54, 1.807) is 44.6 Å². The Bertz CT molecular complexity index is 2570. The van der Waals surface area contributed by atoms with Crippen molar-refractivity contribution < 1.29 is 27.8 Å². The number of piperidine rings is 2. The van der Waals surface area contributed by atoms with Crippen molar-refractivity contribution >= 4 is 79.8 Å². The number of nitrogens with one attached hydrogen (secondary N) is 5. The zero-order valence-electron chi connectivity index (χ0n) is 33.6. The number of nitrogens with zero attached hydrogens (tertiary/aromatic N) is 5. The molecule has 4 heterocycles. The Morgan fingerprint density at radius 1 is 0.738 bits per heavy atom. The number of anilines is 4. The van der Waals surface area contributed by atoms with Crippen LogP contribution in [0.3, 0.4) is 0 Å². The number of amides is 2. The molecule has 2 fully saturated rings. The van der Waals surface area contributed by atoms with Gasteiger partial charge in [-0.25, -0.2) is 28.7 Å². The molecule has 4 aromatic carbocycles. The molecule has 6 aromatic rings. The van der Waals surface area contributed by atoms with Crippen molar-refractivity contribution in [2.45, 2.75) is 50.9 Å².